The van der Waals surface area contributed by atoms with E-state index in [0.717, 1.165) is 24.2 Å². The molecule has 4 unspecified atom stereocenters. The molecule has 1 aliphatic heterocycles. The summed E-state index contributed by atoms with van der Waals surface area (Å²) in [6.07, 6.45) is 9.65. The third-order valence-corrected chi connectivity index (χ3v) is 10.6. The summed E-state index contributed by atoms with van der Waals surface area (Å²) in [5.41, 5.74) is 0.732. The molecule has 2 heterocycles. The first-order chi connectivity index (χ1) is 20.8. The van der Waals surface area contributed by atoms with Crippen LogP contribution >= 0.6 is 35.0 Å². The molecule has 236 valence electrons. The van der Waals surface area contributed by atoms with E-state index in [2.05, 4.69) is 49.7 Å². The minimum Gasteiger partial charge on any atom is -0.465 e. The summed E-state index contributed by atoms with van der Waals surface area (Å²) in [5, 5.41) is 1.32. The number of allylic oxidation sites excluding steroid dienone is 3. The van der Waals surface area contributed by atoms with Crippen molar-refractivity contribution in [3.8, 4) is 0 Å². The Kier molecular flexibility index (Phi) is 9.91. The number of hydrogen-bond acceptors (Lipinski definition) is 6. The molecular weight excluding hydrogens is 615 g/mol. The van der Waals surface area contributed by atoms with Gasteiger partial charge in [-0.1, -0.05) is 75.2 Å². The van der Waals surface area contributed by atoms with Gasteiger partial charge in [0.05, 0.1) is 18.7 Å². The molecule has 3 aliphatic rings. The van der Waals surface area contributed by atoms with Gasteiger partial charge in [0.25, 0.3) is 5.91 Å². The van der Waals surface area contributed by atoms with Gasteiger partial charge in [0, 0.05) is 50.8 Å². The molecule has 6 nitrogen and oxygen atoms in total. The van der Waals surface area contributed by atoms with E-state index in [4.69, 9.17) is 32.7 Å². The molecule has 1 saturated heterocycles. The molecule has 0 N–H and O–H groups in total. The largest absolute Gasteiger partial charge is 0.465 e. The lowest BCUT2D eigenvalue weighted by atomic mass is 9.76. The first kappa shape index (κ1) is 33.1. The third kappa shape index (κ3) is 7.38. The molecule has 9 heteroatoms. The second kappa shape index (κ2) is 13.2. The lowest BCUT2D eigenvalue weighted by Crippen LogP contribution is -2.67. The Bertz CT molecular complexity index is 1430. The number of aromatic nitrogens is 1. The van der Waals surface area contributed by atoms with Crippen molar-refractivity contribution < 1.29 is 19.1 Å². The van der Waals surface area contributed by atoms with E-state index in [1.807, 2.05) is 49.0 Å². The number of hydrogen-bond donors (Lipinski definition) is 0. The zero-order chi connectivity index (χ0) is 31.8. The van der Waals surface area contributed by atoms with Crippen molar-refractivity contribution in [2.24, 2.45) is 17.8 Å². The lowest BCUT2D eigenvalue weighted by molar-refractivity contribution is -0.206. The van der Waals surface area contributed by atoms with Crippen LogP contribution in [0.2, 0.25) is 5.02 Å². The molecule has 1 aromatic carbocycles. The second-order valence-electron chi connectivity index (χ2n) is 13.4. The summed E-state index contributed by atoms with van der Waals surface area (Å²) in [5.74, 6) is 0.842. The fraction of sp³-hybridized carbons (Fsp3) is 0.514. The monoisotopic (exact) mass is 656 g/mol. The van der Waals surface area contributed by atoms with Crippen LogP contribution in [0.1, 0.15) is 75.2 Å². The molecular formula is C35H42Cl2N2O4S. The van der Waals surface area contributed by atoms with Gasteiger partial charge in [-0.05, 0) is 67.5 Å². The Labute approximate surface area is 275 Å². The maximum atomic E-state index is 15.0. The molecule has 1 aromatic heterocycles. The van der Waals surface area contributed by atoms with E-state index in [0.29, 0.717) is 27.2 Å². The fourth-order valence-electron chi connectivity index (χ4n) is 6.37. The number of amides is 1. The van der Waals surface area contributed by atoms with Crippen LogP contribution in [-0.4, -0.2) is 57.1 Å². The van der Waals surface area contributed by atoms with Gasteiger partial charge in [0.2, 0.25) is 0 Å². The zero-order valence-corrected chi connectivity index (χ0v) is 28.6. The standard InChI is InChI=1S/C35H42Cl2N2O4S/c1-21-16-26(37)13-15-28(21)30-31(23-8-7-9-25(36)17-23)43-35(5,18-27-14-12-24(19-38-27)32(40)42-6)33(41)39(30)29(22-10-11-22)20-44-34(2,3)4/h7-9,12-17,19,21-22,28-31H,10-11,18,20H2,1-6H3/t21?,28?,29?,30?,31-,35-/m1/s1. The number of benzene rings is 1. The van der Waals surface area contributed by atoms with Gasteiger partial charge in [-0.25, -0.2) is 4.79 Å². The number of carbonyl (C=O) groups excluding carboxylic acids is 2. The predicted octanol–water partition coefficient (Wildman–Crippen LogP) is 8.05. The molecule has 44 heavy (non-hydrogen) atoms. The van der Waals surface area contributed by atoms with Crippen molar-refractivity contribution in [1.82, 2.24) is 9.88 Å². The quantitative estimate of drug-likeness (QED) is 0.254. The fourth-order valence-corrected chi connectivity index (χ4v) is 7.95. The Morgan fingerprint density at radius 2 is 1.98 bits per heavy atom. The van der Waals surface area contributed by atoms with Crippen LogP contribution in [-0.2, 0) is 20.7 Å². The number of rotatable bonds is 9. The molecule has 2 aromatic rings. The van der Waals surface area contributed by atoms with Gasteiger partial charge in [0.1, 0.15) is 6.10 Å². The number of methoxy groups -OCH3 is 1. The van der Waals surface area contributed by atoms with E-state index in [1.54, 1.807) is 12.1 Å². The molecule has 5 rings (SSSR count). The highest BCUT2D eigenvalue weighted by Gasteiger charge is 2.56. The number of ether oxygens (including phenoxy) is 2. The van der Waals surface area contributed by atoms with Crippen LogP contribution in [0.3, 0.4) is 0 Å². The normalized spacial score (nSPS) is 28.0. The maximum absolute atomic E-state index is 15.0. The molecule has 1 amide bonds. The highest BCUT2D eigenvalue weighted by molar-refractivity contribution is 8.00. The SMILES string of the molecule is COC(=O)c1ccc(C[C@@]2(C)O[C@H](c3cccc(Cl)c3)C(C3C=CC(Cl)=CC3C)N(C(CSC(C)(C)C)C3CC3)C2=O)nc1. The van der Waals surface area contributed by atoms with Gasteiger partial charge in [-0.2, -0.15) is 11.8 Å². The average Bonchev–Trinajstić information content (AvgIpc) is 3.80. The van der Waals surface area contributed by atoms with Crippen molar-refractivity contribution in [2.45, 2.75) is 82.4 Å². The van der Waals surface area contributed by atoms with Gasteiger partial charge in [-0.3, -0.25) is 9.78 Å². The highest BCUT2D eigenvalue weighted by atomic mass is 35.5. The number of carbonyl (C=O) groups is 2. The molecule has 0 spiro atoms. The van der Waals surface area contributed by atoms with Crippen LogP contribution < -0.4 is 0 Å². The van der Waals surface area contributed by atoms with E-state index in [1.165, 1.54) is 13.3 Å². The molecule has 0 radical (unpaired) electrons. The Morgan fingerprint density at radius 1 is 1.23 bits per heavy atom. The van der Waals surface area contributed by atoms with Crippen molar-refractivity contribution in [3.05, 3.63) is 87.7 Å². The van der Waals surface area contributed by atoms with E-state index in [9.17, 15) is 4.79 Å². The Morgan fingerprint density at radius 3 is 2.57 bits per heavy atom. The second-order valence-corrected chi connectivity index (χ2v) is 16.1. The van der Waals surface area contributed by atoms with Crippen LogP contribution in [0.5, 0.6) is 0 Å². The third-order valence-electron chi connectivity index (χ3n) is 8.76. The lowest BCUT2D eigenvalue weighted by Gasteiger charge is -2.54. The summed E-state index contributed by atoms with van der Waals surface area (Å²) in [6.45, 7) is 10.7. The number of nitrogens with zero attached hydrogens (tertiary/aromatic N) is 2. The Hall–Kier alpha value is -2.32. The van der Waals surface area contributed by atoms with Crippen molar-refractivity contribution >= 4 is 46.8 Å². The van der Waals surface area contributed by atoms with Crippen molar-refractivity contribution in [1.29, 1.82) is 0 Å². The van der Waals surface area contributed by atoms with E-state index >= 15 is 4.79 Å². The highest BCUT2D eigenvalue weighted by Crippen LogP contribution is 2.49. The number of esters is 1. The van der Waals surface area contributed by atoms with Gasteiger partial charge in [0.15, 0.2) is 5.60 Å². The van der Waals surface area contributed by atoms with E-state index < -0.39 is 17.7 Å². The van der Waals surface area contributed by atoms with Crippen LogP contribution in [0, 0.1) is 17.8 Å². The minimum absolute atomic E-state index is 0.0201. The summed E-state index contributed by atoms with van der Waals surface area (Å²) in [4.78, 5) is 33.8. The molecule has 6 atom stereocenters. The van der Waals surface area contributed by atoms with Gasteiger partial charge in [-0.15, -0.1) is 0 Å². The maximum Gasteiger partial charge on any atom is 0.339 e. The number of thioether (sulfide) groups is 1. The van der Waals surface area contributed by atoms with E-state index in [-0.39, 0.29) is 41.0 Å². The molecule has 1 saturated carbocycles. The topological polar surface area (TPSA) is 68.7 Å². The van der Waals surface area contributed by atoms with Gasteiger partial charge < -0.3 is 14.4 Å². The van der Waals surface area contributed by atoms with Gasteiger partial charge >= 0.3 is 5.97 Å². The van der Waals surface area contributed by atoms with Crippen LogP contribution in [0.15, 0.2) is 65.9 Å². The first-order valence-electron chi connectivity index (χ1n) is 15.3. The first-order valence-corrected chi connectivity index (χ1v) is 17.0. The van der Waals surface area contributed by atoms with Crippen molar-refractivity contribution in [3.63, 3.8) is 0 Å². The Balaban J connectivity index is 1.62. The summed E-state index contributed by atoms with van der Waals surface area (Å²) in [6, 6.07) is 11.0. The number of morpholine rings is 1. The molecule has 2 fully saturated rings. The average molecular weight is 658 g/mol. The predicted molar refractivity (Wildman–Crippen MR) is 178 cm³/mol. The smallest absolute Gasteiger partial charge is 0.339 e. The molecule has 2 aliphatic carbocycles. The van der Waals surface area contributed by atoms with Crippen LogP contribution in [0.4, 0.5) is 0 Å². The summed E-state index contributed by atoms with van der Waals surface area (Å²) < 4.78 is 11.9. The number of halogens is 2. The number of pyridine rings is 1. The zero-order valence-electron chi connectivity index (χ0n) is 26.3. The summed E-state index contributed by atoms with van der Waals surface area (Å²) in [7, 11) is 1.34. The van der Waals surface area contributed by atoms with Crippen LogP contribution in [0.25, 0.3) is 0 Å². The summed E-state index contributed by atoms with van der Waals surface area (Å²) >= 11 is 14.9. The minimum atomic E-state index is -1.21. The van der Waals surface area contributed by atoms with Crippen molar-refractivity contribution in [2.75, 3.05) is 12.9 Å². The molecule has 0 bridgehead atoms.